The van der Waals surface area contributed by atoms with Gasteiger partial charge < -0.3 is 4.90 Å². The summed E-state index contributed by atoms with van der Waals surface area (Å²) in [6, 6.07) is 8.96. The number of aromatic nitrogens is 1. The van der Waals surface area contributed by atoms with Crippen LogP contribution < -0.4 is 4.90 Å². The second kappa shape index (κ2) is 4.95. The Morgan fingerprint density at radius 2 is 2.20 bits per heavy atom. The van der Waals surface area contributed by atoms with Crippen LogP contribution >= 0.6 is 11.6 Å². The Morgan fingerprint density at radius 1 is 1.35 bits per heavy atom. The molecule has 1 amide bonds. The first kappa shape index (κ1) is 12.6. The SMILES string of the molecule is N#Cc1ccncc1N1CCc2cc(Cl)ccc2C1=O. The minimum Gasteiger partial charge on any atom is -0.305 e. The molecule has 3 rings (SSSR count). The average Bonchev–Trinajstić information content (AvgIpc) is 2.47. The minimum atomic E-state index is -0.118. The van der Waals surface area contributed by atoms with Crippen molar-refractivity contribution in [2.24, 2.45) is 0 Å². The lowest BCUT2D eigenvalue weighted by Gasteiger charge is -2.29. The molecule has 0 saturated carbocycles. The van der Waals surface area contributed by atoms with Crippen molar-refractivity contribution in [1.82, 2.24) is 4.98 Å². The highest BCUT2D eigenvalue weighted by atomic mass is 35.5. The largest absolute Gasteiger partial charge is 0.305 e. The molecule has 0 unspecified atom stereocenters. The molecule has 0 atom stereocenters. The Balaban J connectivity index is 2.05. The smallest absolute Gasteiger partial charge is 0.258 e. The fourth-order valence-corrected chi connectivity index (χ4v) is 2.58. The topological polar surface area (TPSA) is 57.0 Å². The van der Waals surface area contributed by atoms with Crippen LogP contribution in [-0.4, -0.2) is 17.4 Å². The molecule has 0 saturated heterocycles. The van der Waals surface area contributed by atoms with Crippen LogP contribution in [0.25, 0.3) is 0 Å². The van der Waals surface area contributed by atoms with E-state index in [0.29, 0.717) is 34.8 Å². The second-order valence-corrected chi connectivity index (χ2v) is 4.95. The zero-order chi connectivity index (χ0) is 14.1. The molecule has 0 radical (unpaired) electrons. The monoisotopic (exact) mass is 283 g/mol. The highest BCUT2D eigenvalue weighted by molar-refractivity contribution is 6.30. The van der Waals surface area contributed by atoms with Crippen molar-refractivity contribution in [3.63, 3.8) is 0 Å². The maximum atomic E-state index is 12.5. The minimum absolute atomic E-state index is 0.118. The third-order valence-corrected chi connectivity index (χ3v) is 3.59. The van der Waals surface area contributed by atoms with Crippen LogP contribution in [0.2, 0.25) is 5.02 Å². The first-order valence-electron chi connectivity index (χ1n) is 6.15. The van der Waals surface area contributed by atoms with Crippen LogP contribution in [0.4, 0.5) is 5.69 Å². The van der Waals surface area contributed by atoms with E-state index in [2.05, 4.69) is 11.1 Å². The van der Waals surface area contributed by atoms with Crippen molar-refractivity contribution in [2.45, 2.75) is 6.42 Å². The van der Waals surface area contributed by atoms with Gasteiger partial charge in [0.2, 0.25) is 0 Å². The molecule has 4 nitrogen and oxygen atoms in total. The van der Waals surface area contributed by atoms with Crippen molar-refractivity contribution in [3.05, 3.63) is 58.4 Å². The number of nitriles is 1. The van der Waals surface area contributed by atoms with Gasteiger partial charge in [-0.1, -0.05) is 11.6 Å². The molecule has 20 heavy (non-hydrogen) atoms. The van der Waals surface area contributed by atoms with Gasteiger partial charge >= 0.3 is 0 Å². The van der Waals surface area contributed by atoms with E-state index in [1.165, 1.54) is 0 Å². The number of carbonyl (C=O) groups excluding carboxylic acids is 1. The van der Waals surface area contributed by atoms with Crippen LogP contribution in [0.5, 0.6) is 0 Å². The number of amides is 1. The molecule has 1 aliphatic heterocycles. The van der Waals surface area contributed by atoms with Gasteiger partial charge in [0.25, 0.3) is 5.91 Å². The summed E-state index contributed by atoms with van der Waals surface area (Å²) in [7, 11) is 0. The molecule has 0 N–H and O–H groups in total. The molecular weight excluding hydrogens is 274 g/mol. The summed E-state index contributed by atoms with van der Waals surface area (Å²) in [5.74, 6) is -0.118. The normalized spacial score (nSPS) is 13.8. The van der Waals surface area contributed by atoms with Gasteiger partial charge in [0.05, 0.1) is 17.4 Å². The Labute approximate surface area is 121 Å². The number of nitrogens with zero attached hydrogens (tertiary/aromatic N) is 3. The number of fused-ring (bicyclic) bond motifs is 1. The van der Waals surface area contributed by atoms with Gasteiger partial charge in [0, 0.05) is 23.3 Å². The molecule has 0 bridgehead atoms. The van der Waals surface area contributed by atoms with Crippen LogP contribution in [-0.2, 0) is 6.42 Å². The zero-order valence-electron chi connectivity index (χ0n) is 10.5. The number of benzene rings is 1. The first-order valence-corrected chi connectivity index (χ1v) is 6.53. The molecule has 1 aromatic heterocycles. The van der Waals surface area contributed by atoms with Gasteiger partial charge in [0.1, 0.15) is 6.07 Å². The van der Waals surface area contributed by atoms with E-state index in [4.69, 9.17) is 16.9 Å². The average molecular weight is 284 g/mol. The molecule has 5 heteroatoms. The molecule has 2 heterocycles. The summed E-state index contributed by atoms with van der Waals surface area (Å²) in [6.45, 7) is 0.520. The number of pyridine rings is 1. The fourth-order valence-electron chi connectivity index (χ4n) is 2.38. The van der Waals surface area contributed by atoms with E-state index in [1.54, 1.807) is 35.5 Å². The molecule has 0 spiro atoms. The highest BCUT2D eigenvalue weighted by Crippen LogP contribution is 2.27. The third kappa shape index (κ3) is 2.02. The van der Waals surface area contributed by atoms with Crippen LogP contribution in [0, 0.1) is 11.3 Å². The van der Waals surface area contributed by atoms with E-state index in [-0.39, 0.29) is 5.91 Å². The molecule has 2 aromatic rings. The number of hydrogen-bond acceptors (Lipinski definition) is 3. The van der Waals surface area contributed by atoms with Crippen LogP contribution in [0.1, 0.15) is 21.5 Å². The summed E-state index contributed by atoms with van der Waals surface area (Å²) < 4.78 is 0. The summed E-state index contributed by atoms with van der Waals surface area (Å²) in [4.78, 5) is 18.1. The summed E-state index contributed by atoms with van der Waals surface area (Å²) in [6.07, 6.45) is 3.81. The van der Waals surface area contributed by atoms with Gasteiger partial charge in [-0.2, -0.15) is 5.26 Å². The Kier molecular flexibility index (Phi) is 3.13. The number of rotatable bonds is 1. The molecule has 1 aliphatic rings. The molecule has 1 aromatic carbocycles. The zero-order valence-corrected chi connectivity index (χ0v) is 11.3. The first-order chi connectivity index (χ1) is 9.70. The van der Waals surface area contributed by atoms with Crippen molar-refractivity contribution in [2.75, 3.05) is 11.4 Å². The fraction of sp³-hybridized carbons (Fsp3) is 0.133. The Bertz CT molecular complexity index is 736. The van der Waals surface area contributed by atoms with E-state index in [9.17, 15) is 4.79 Å². The lowest BCUT2D eigenvalue weighted by molar-refractivity contribution is 0.0980. The van der Waals surface area contributed by atoms with Crippen LogP contribution in [0.3, 0.4) is 0 Å². The quantitative estimate of drug-likeness (QED) is 0.808. The summed E-state index contributed by atoms with van der Waals surface area (Å²) in [5.41, 5.74) is 2.58. The number of anilines is 1. The predicted molar refractivity (Wildman–Crippen MR) is 75.8 cm³/mol. The molecule has 0 aliphatic carbocycles. The summed E-state index contributed by atoms with van der Waals surface area (Å²) in [5, 5.41) is 9.76. The number of halogens is 1. The predicted octanol–water partition coefficient (Wildman–Crippen LogP) is 2.81. The maximum Gasteiger partial charge on any atom is 0.258 e. The van der Waals surface area contributed by atoms with Gasteiger partial charge in [0.15, 0.2) is 0 Å². The van der Waals surface area contributed by atoms with Crippen molar-refractivity contribution >= 4 is 23.2 Å². The van der Waals surface area contributed by atoms with Crippen molar-refractivity contribution in [1.29, 1.82) is 5.26 Å². The van der Waals surface area contributed by atoms with Gasteiger partial charge in [-0.15, -0.1) is 0 Å². The lowest BCUT2D eigenvalue weighted by atomic mass is 9.98. The number of carbonyl (C=O) groups is 1. The van der Waals surface area contributed by atoms with E-state index in [1.807, 2.05) is 6.07 Å². The van der Waals surface area contributed by atoms with E-state index in [0.717, 1.165) is 5.56 Å². The maximum absolute atomic E-state index is 12.5. The summed E-state index contributed by atoms with van der Waals surface area (Å²) >= 11 is 5.95. The van der Waals surface area contributed by atoms with E-state index >= 15 is 0 Å². The van der Waals surface area contributed by atoms with Gasteiger partial charge in [-0.25, -0.2) is 0 Å². The Morgan fingerprint density at radius 3 is 3.00 bits per heavy atom. The second-order valence-electron chi connectivity index (χ2n) is 4.51. The number of hydrogen-bond donors (Lipinski definition) is 0. The van der Waals surface area contributed by atoms with Crippen molar-refractivity contribution in [3.8, 4) is 6.07 Å². The lowest BCUT2D eigenvalue weighted by Crippen LogP contribution is -2.38. The Hall–Kier alpha value is -2.38. The van der Waals surface area contributed by atoms with E-state index < -0.39 is 0 Å². The van der Waals surface area contributed by atoms with Crippen LogP contribution in [0.15, 0.2) is 36.7 Å². The van der Waals surface area contributed by atoms with Gasteiger partial charge in [-0.3, -0.25) is 9.78 Å². The highest BCUT2D eigenvalue weighted by Gasteiger charge is 2.27. The third-order valence-electron chi connectivity index (χ3n) is 3.36. The molecular formula is C15H10ClN3O. The molecule has 0 fully saturated rings. The van der Waals surface area contributed by atoms with Gasteiger partial charge in [-0.05, 0) is 36.2 Å². The van der Waals surface area contributed by atoms with Crippen molar-refractivity contribution < 1.29 is 4.79 Å². The standard InChI is InChI=1S/C15H10ClN3O/c16-12-1-2-13-10(7-12)4-6-19(15(13)20)14-9-18-5-3-11(14)8-17/h1-3,5,7,9H,4,6H2. The molecule has 98 valence electrons.